The summed E-state index contributed by atoms with van der Waals surface area (Å²) in [5, 5.41) is 0. The molecule has 2 nitrogen and oxygen atoms in total. The highest BCUT2D eigenvalue weighted by molar-refractivity contribution is 5.99. The average Bonchev–Trinajstić information content (AvgIpc) is 2.64. The van der Waals surface area contributed by atoms with Gasteiger partial charge in [0.25, 0.3) is 0 Å². The van der Waals surface area contributed by atoms with Crippen LogP contribution in [0.15, 0.2) is 18.2 Å². The van der Waals surface area contributed by atoms with Crippen molar-refractivity contribution in [1.29, 1.82) is 0 Å². The number of ketones is 1. The Morgan fingerprint density at radius 3 is 2.81 bits per heavy atom. The Morgan fingerprint density at radius 2 is 2.25 bits per heavy atom. The highest BCUT2D eigenvalue weighted by Gasteiger charge is 2.24. The summed E-state index contributed by atoms with van der Waals surface area (Å²) in [6, 6.07) is 4.71. The smallest absolute Gasteiger partial charge is 0.161 e. The molecule has 0 N–H and O–H groups in total. The molecule has 0 bridgehead atoms. The molecule has 0 spiro atoms. The van der Waals surface area contributed by atoms with Gasteiger partial charge in [0.15, 0.2) is 5.78 Å². The molecule has 2 rings (SSSR count). The van der Waals surface area contributed by atoms with Crippen molar-refractivity contribution in [1.82, 2.24) is 0 Å². The quantitative estimate of drug-likeness (QED) is 0.716. The monoisotopic (exact) mass is 221 g/mol. The molecule has 1 unspecified atom stereocenters. The van der Waals surface area contributed by atoms with Gasteiger partial charge in [0.1, 0.15) is 5.82 Å². The van der Waals surface area contributed by atoms with Crippen LogP contribution in [0.5, 0.6) is 0 Å². The van der Waals surface area contributed by atoms with Gasteiger partial charge in [0.05, 0.1) is 5.69 Å². The van der Waals surface area contributed by atoms with Gasteiger partial charge in [0.2, 0.25) is 0 Å². The summed E-state index contributed by atoms with van der Waals surface area (Å²) in [4.78, 5) is 13.4. The van der Waals surface area contributed by atoms with E-state index in [9.17, 15) is 9.18 Å². The van der Waals surface area contributed by atoms with E-state index in [0.717, 1.165) is 19.5 Å². The van der Waals surface area contributed by atoms with E-state index in [-0.39, 0.29) is 11.6 Å². The number of Topliss-reactive ketones (excluding diaryl/α,β-unsaturated/α-hetero) is 1. The van der Waals surface area contributed by atoms with Gasteiger partial charge in [-0.05, 0) is 31.4 Å². The minimum Gasteiger partial charge on any atom is -0.368 e. The van der Waals surface area contributed by atoms with Gasteiger partial charge < -0.3 is 4.90 Å². The zero-order valence-electron chi connectivity index (χ0n) is 9.66. The second kappa shape index (κ2) is 4.24. The van der Waals surface area contributed by atoms with Crippen LogP contribution in [0, 0.1) is 11.7 Å². The first kappa shape index (κ1) is 11.1. The normalized spacial score (nSPS) is 20.2. The van der Waals surface area contributed by atoms with Gasteiger partial charge in [-0.1, -0.05) is 13.0 Å². The molecule has 3 heteroatoms. The first-order valence-electron chi connectivity index (χ1n) is 5.64. The van der Waals surface area contributed by atoms with E-state index in [1.165, 1.54) is 13.0 Å². The van der Waals surface area contributed by atoms with Crippen LogP contribution in [0.25, 0.3) is 0 Å². The summed E-state index contributed by atoms with van der Waals surface area (Å²) < 4.78 is 13.8. The molecule has 0 saturated carbocycles. The average molecular weight is 221 g/mol. The number of hydrogen-bond acceptors (Lipinski definition) is 2. The summed E-state index contributed by atoms with van der Waals surface area (Å²) in [5.74, 6) is 0.204. The molecule has 1 saturated heterocycles. The van der Waals surface area contributed by atoms with E-state index >= 15 is 0 Å². The molecule has 0 amide bonds. The lowest BCUT2D eigenvalue weighted by atomic mass is 10.1. The number of halogens is 1. The van der Waals surface area contributed by atoms with E-state index < -0.39 is 0 Å². The van der Waals surface area contributed by atoms with Crippen molar-refractivity contribution < 1.29 is 9.18 Å². The standard InChI is InChI=1S/C13H16FNO/c1-9-6-7-15(8-9)13-11(10(2)16)4-3-5-12(13)14/h3-5,9H,6-8H2,1-2H3. The Kier molecular flexibility index (Phi) is 2.95. The number of carbonyl (C=O) groups excluding carboxylic acids is 1. The van der Waals surface area contributed by atoms with Crippen molar-refractivity contribution in [3.05, 3.63) is 29.6 Å². The highest BCUT2D eigenvalue weighted by atomic mass is 19.1. The SMILES string of the molecule is CC(=O)c1cccc(F)c1N1CCC(C)C1. The Hall–Kier alpha value is -1.38. The first-order valence-corrected chi connectivity index (χ1v) is 5.64. The molecule has 0 aromatic heterocycles. The maximum Gasteiger partial charge on any atom is 0.161 e. The van der Waals surface area contributed by atoms with E-state index in [1.807, 2.05) is 4.90 Å². The highest BCUT2D eigenvalue weighted by Crippen LogP contribution is 2.29. The van der Waals surface area contributed by atoms with Gasteiger partial charge in [-0.3, -0.25) is 4.79 Å². The molecule has 0 radical (unpaired) electrons. The largest absolute Gasteiger partial charge is 0.368 e. The number of hydrogen-bond donors (Lipinski definition) is 0. The zero-order chi connectivity index (χ0) is 11.7. The van der Waals surface area contributed by atoms with Crippen molar-refractivity contribution in [3.63, 3.8) is 0 Å². The fraction of sp³-hybridized carbons (Fsp3) is 0.462. The predicted molar refractivity (Wildman–Crippen MR) is 62.4 cm³/mol. The van der Waals surface area contributed by atoms with Gasteiger partial charge in [-0.15, -0.1) is 0 Å². The van der Waals surface area contributed by atoms with Gasteiger partial charge >= 0.3 is 0 Å². The van der Waals surface area contributed by atoms with Crippen LogP contribution >= 0.6 is 0 Å². The third-order valence-corrected chi connectivity index (χ3v) is 3.11. The molecular weight excluding hydrogens is 205 g/mol. The van der Waals surface area contributed by atoms with Crippen molar-refractivity contribution in [2.24, 2.45) is 5.92 Å². The molecule has 86 valence electrons. The Bertz CT molecular complexity index is 416. The van der Waals surface area contributed by atoms with Crippen LogP contribution in [0.2, 0.25) is 0 Å². The minimum atomic E-state index is -0.290. The number of benzene rings is 1. The maximum absolute atomic E-state index is 13.8. The van der Waals surface area contributed by atoms with Crippen LogP contribution in [-0.2, 0) is 0 Å². The van der Waals surface area contributed by atoms with Gasteiger partial charge in [-0.2, -0.15) is 0 Å². The topological polar surface area (TPSA) is 20.3 Å². The lowest BCUT2D eigenvalue weighted by molar-refractivity contribution is 0.101. The maximum atomic E-state index is 13.8. The van der Waals surface area contributed by atoms with Crippen LogP contribution in [-0.4, -0.2) is 18.9 Å². The number of nitrogens with zero attached hydrogens (tertiary/aromatic N) is 1. The third kappa shape index (κ3) is 1.94. The molecule has 1 aromatic carbocycles. The van der Waals surface area contributed by atoms with E-state index in [4.69, 9.17) is 0 Å². The molecular formula is C13H16FNO. The second-order valence-electron chi connectivity index (χ2n) is 4.53. The van der Waals surface area contributed by atoms with Crippen LogP contribution in [0.1, 0.15) is 30.6 Å². The number of carbonyl (C=O) groups is 1. The summed E-state index contributed by atoms with van der Waals surface area (Å²) in [5.41, 5.74) is 0.980. The molecule has 16 heavy (non-hydrogen) atoms. The van der Waals surface area contributed by atoms with Crippen molar-refractivity contribution in [2.75, 3.05) is 18.0 Å². The lowest BCUT2D eigenvalue weighted by Gasteiger charge is -2.21. The summed E-state index contributed by atoms with van der Waals surface area (Å²) in [6.45, 7) is 5.30. The third-order valence-electron chi connectivity index (χ3n) is 3.11. The van der Waals surface area contributed by atoms with Crippen LogP contribution < -0.4 is 4.90 Å². The molecule has 0 aliphatic carbocycles. The molecule has 1 fully saturated rings. The van der Waals surface area contributed by atoms with Crippen LogP contribution in [0.3, 0.4) is 0 Å². The van der Waals surface area contributed by atoms with Crippen molar-refractivity contribution >= 4 is 11.5 Å². The fourth-order valence-corrected chi connectivity index (χ4v) is 2.26. The zero-order valence-corrected chi connectivity index (χ0v) is 9.66. The fourth-order valence-electron chi connectivity index (χ4n) is 2.26. The Labute approximate surface area is 95.1 Å². The second-order valence-corrected chi connectivity index (χ2v) is 4.53. The first-order chi connectivity index (χ1) is 7.59. The van der Waals surface area contributed by atoms with Crippen LogP contribution in [0.4, 0.5) is 10.1 Å². The number of para-hydroxylation sites is 1. The summed E-state index contributed by atoms with van der Waals surface area (Å²) in [6.07, 6.45) is 1.06. The molecule has 1 aromatic rings. The number of anilines is 1. The predicted octanol–water partition coefficient (Wildman–Crippen LogP) is 2.87. The number of rotatable bonds is 2. The summed E-state index contributed by atoms with van der Waals surface area (Å²) in [7, 11) is 0. The van der Waals surface area contributed by atoms with Crippen molar-refractivity contribution in [2.45, 2.75) is 20.3 Å². The van der Waals surface area contributed by atoms with E-state index in [1.54, 1.807) is 12.1 Å². The minimum absolute atomic E-state index is 0.0750. The molecule has 1 aliphatic heterocycles. The van der Waals surface area contributed by atoms with E-state index in [0.29, 0.717) is 17.2 Å². The van der Waals surface area contributed by atoms with Gasteiger partial charge in [-0.25, -0.2) is 4.39 Å². The van der Waals surface area contributed by atoms with E-state index in [2.05, 4.69) is 6.92 Å². The molecule has 1 aliphatic rings. The molecule has 1 atom stereocenters. The Morgan fingerprint density at radius 1 is 1.50 bits per heavy atom. The Balaban J connectivity index is 2.42. The van der Waals surface area contributed by atoms with Gasteiger partial charge in [0, 0.05) is 18.7 Å². The summed E-state index contributed by atoms with van der Waals surface area (Å²) >= 11 is 0. The lowest BCUT2D eigenvalue weighted by Crippen LogP contribution is -2.22. The van der Waals surface area contributed by atoms with Crippen molar-refractivity contribution in [3.8, 4) is 0 Å². The molecule has 1 heterocycles.